The molecule has 72 heavy (non-hydrogen) atoms. The predicted molar refractivity (Wildman–Crippen MR) is 281 cm³/mol. The lowest BCUT2D eigenvalue weighted by atomic mass is 9.82. The van der Waals surface area contributed by atoms with E-state index in [0.29, 0.717) is 60.3 Å². The van der Waals surface area contributed by atoms with Gasteiger partial charge in [-0.3, -0.25) is 29.7 Å². The number of pyridine rings is 1. The zero-order valence-corrected chi connectivity index (χ0v) is 41.7. The van der Waals surface area contributed by atoms with Gasteiger partial charge < -0.3 is 19.6 Å². The van der Waals surface area contributed by atoms with Crippen LogP contribution in [0.5, 0.6) is 5.75 Å². The number of fused-ring (bicyclic) bond motifs is 3. The number of benzene rings is 4. The van der Waals surface area contributed by atoms with Crippen molar-refractivity contribution in [2.75, 3.05) is 34.8 Å². The molecule has 3 N–H and O–H groups in total. The zero-order chi connectivity index (χ0) is 49.5. The highest BCUT2D eigenvalue weighted by Gasteiger charge is 2.33. The number of aromatic carboxylic acids is 1. The first-order valence-corrected chi connectivity index (χ1v) is 26.4. The van der Waals surface area contributed by atoms with Crippen LogP contribution in [0.25, 0.3) is 32.2 Å². The number of carboxylic acid groups (broad SMARTS) is 1. The third-order valence-electron chi connectivity index (χ3n) is 15.7. The summed E-state index contributed by atoms with van der Waals surface area (Å²) in [4.78, 5) is 64.8. The minimum Gasteiger partial charge on any atom is -0.490 e. The number of hydrogen-bond acceptors (Lipinski definition) is 11. The number of carbonyl (C=O) groups excluding carboxylic acids is 3. The number of aryl methyl sites for hydroxylation is 1. The highest BCUT2D eigenvalue weighted by atomic mass is 32.1. The van der Waals surface area contributed by atoms with E-state index in [1.807, 2.05) is 85.4 Å². The molecule has 4 aromatic carbocycles. The van der Waals surface area contributed by atoms with Crippen LogP contribution in [0, 0.1) is 18.8 Å². The molecule has 7 aromatic rings. The Morgan fingerprint density at radius 2 is 1.61 bits per heavy atom. The maximum Gasteiger partial charge on any atom is 0.355 e. The Morgan fingerprint density at radius 1 is 0.819 bits per heavy atom. The number of hydrogen-bond donors (Lipinski definition) is 3. The number of piperidine rings is 2. The first kappa shape index (κ1) is 47.2. The lowest BCUT2D eigenvalue weighted by Crippen LogP contribution is -2.39. The standard InChI is InChI=1S/C57H60N8O6S/c1-34-40(41-22-24-50(59-53(41)56(69)70)65-31-28-37-10-6-12-42(45(37)33-65)54(67)61-57-58-46-13-3-4-15-49(46)72-57)11-7-14-48(34)71-39-19-16-35(17-20-39)8-5-9-36-26-29-64(30-27-36)38-18-21-43-47(32-38)63(2)62-52(43)44-23-25-51(66)60-55(44)68/h3-4,6-7,10-15,18,21-22,24,32,35-36,39,44H,5,8-9,16-17,19-20,23,25-31,33H2,1-2H3,(H,69,70)(H,58,61,67)(H,60,66,68)/t35-,39-,44?. The molecule has 3 aromatic heterocycles. The van der Waals surface area contributed by atoms with Crippen LogP contribution in [0.4, 0.5) is 16.6 Å². The average Bonchev–Trinajstić information content (AvgIpc) is 3.96. The van der Waals surface area contributed by atoms with Gasteiger partial charge in [-0.25, -0.2) is 14.8 Å². The lowest BCUT2D eigenvalue weighted by Gasteiger charge is -2.34. The summed E-state index contributed by atoms with van der Waals surface area (Å²) < 4.78 is 9.56. The summed E-state index contributed by atoms with van der Waals surface area (Å²) in [5.74, 6) is 0.577. The molecule has 1 aliphatic carbocycles. The second-order valence-corrected chi connectivity index (χ2v) is 21.2. The molecule has 3 fully saturated rings. The van der Waals surface area contributed by atoms with Gasteiger partial charge in [-0.15, -0.1) is 0 Å². The molecule has 3 amide bonds. The lowest BCUT2D eigenvalue weighted by molar-refractivity contribution is -0.134. The Kier molecular flexibility index (Phi) is 13.2. The maximum absolute atomic E-state index is 13.7. The molecule has 4 aliphatic rings. The highest BCUT2D eigenvalue weighted by molar-refractivity contribution is 7.22. The molecule has 370 valence electrons. The van der Waals surface area contributed by atoms with Crippen LogP contribution < -0.4 is 25.2 Å². The monoisotopic (exact) mass is 984 g/mol. The van der Waals surface area contributed by atoms with Crippen LogP contribution in [-0.4, -0.2) is 74.3 Å². The van der Waals surface area contributed by atoms with Crippen LogP contribution in [0.15, 0.2) is 91.0 Å². The van der Waals surface area contributed by atoms with Gasteiger partial charge in [-0.2, -0.15) is 5.10 Å². The van der Waals surface area contributed by atoms with E-state index < -0.39 is 11.9 Å². The predicted octanol–water partition coefficient (Wildman–Crippen LogP) is 10.6. The number of nitrogens with zero attached hydrogens (tertiary/aromatic N) is 6. The number of carbonyl (C=O) groups is 4. The number of amides is 3. The number of carboxylic acids is 1. The van der Waals surface area contributed by atoms with Gasteiger partial charge in [0.1, 0.15) is 11.6 Å². The number of aromatic nitrogens is 4. The van der Waals surface area contributed by atoms with Crippen LogP contribution in [0.2, 0.25) is 0 Å². The van der Waals surface area contributed by atoms with Gasteiger partial charge in [-0.1, -0.05) is 67.0 Å². The molecule has 14 nitrogen and oxygen atoms in total. The highest BCUT2D eigenvalue weighted by Crippen LogP contribution is 2.39. The number of imide groups is 1. The fourth-order valence-corrected chi connectivity index (χ4v) is 12.6. The minimum absolute atomic E-state index is 0.0161. The number of thiazole rings is 1. The smallest absolute Gasteiger partial charge is 0.355 e. The van der Waals surface area contributed by atoms with E-state index in [2.05, 4.69) is 49.7 Å². The number of ether oxygens (including phenoxy) is 1. The summed E-state index contributed by atoms with van der Waals surface area (Å²) >= 11 is 1.44. The van der Waals surface area contributed by atoms with Crippen molar-refractivity contribution in [3.8, 4) is 16.9 Å². The number of para-hydroxylation sites is 1. The van der Waals surface area contributed by atoms with Crippen molar-refractivity contribution < 1.29 is 29.0 Å². The minimum atomic E-state index is -1.10. The number of rotatable bonds is 13. The Hall–Kier alpha value is -7.13. The molecule has 3 aliphatic heterocycles. The second kappa shape index (κ2) is 20.2. The number of anilines is 3. The second-order valence-electron chi connectivity index (χ2n) is 20.2. The molecule has 1 unspecified atom stereocenters. The number of nitrogens with one attached hydrogen (secondary N) is 2. The van der Waals surface area contributed by atoms with Gasteiger partial charge in [0.2, 0.25) is 11.8 Å². The fourth-order valence-electron chi connectivity index (χ4n) is 11.7. The van der Waals surface area contributed by atoms with E-state index in [1.165, 1.54) is 49.1 Å². The molecule has 0 bridgehead atoms. The molecule has 6 heterocycles. The molecule has 0 spiro atoms. The summed E-state index contributed by atoms with van der Waals surface area (Å²) in [6, 6.07) is 29.7. The van der Waals surface area contributed by atoms with E-state index in [0.717, 1.165) is 99.5 Å². The van der Waals surface area contributed by atoms with Gasteiger partial charge in [0.25, 0.3) is 5.91 Å². The molecule has 1 saturated carbocycles. The van der Waals surface area contributed by atoms with Crippen molar-refractivity contribution in [1.29, 1.82) is 0 Å². The molecule has 15 heteroatoms. The van der Waals surface area contributed by atoms with E-state index in [9.17, 15) is 24.3 Å². The topological polar surface area (TPSA) is 172 Å². The van der Waals surface area contributed by atoms with Crippen molar-refractivity contribution in [2.24, 2.45) is 18.9 Å². The van der Waals surface area contributed by atoms with Gasteiger partial charge >= 0.3 is 5.97 Å². The summed E-state index contributed by atoms with van der Waals surface area (Å²) in [5.41, 5.74) is 8.57. The van der Waals surface area contributed by atoms with E-state index in [-0.39, 0.29) is 29.5 Å². The van der Waals surface area contributed by atoms with Crippen molar-refractivity contribution in [1.82, 2.24) is 25.1 Å². The molecule has 2 saturated heterocycles. The summed E-state index contributed by atoms with van der Waals surface area (Å²) in [7, 11) is 1.93. The Balaban J connectivity index is 0.664. The molecule has 11 rings (SSSR count). The zero-order valence-electron chi connectivity index (χ0n) is 40.9. The van der Waals surface area contributed by atoms with E-state index in [4.69, 9.17) is 14.8 Å². The van der Waals surface area contributed by atoms with Gasteiger partial charge in [-0.05, 0) is 147 Å². The van der Waals surface area contributed by atoms with Crippen molar-refractivity contribution in [3.05, 3.63) is 125 Å². The van der Waals surface area contributed by atoms with Crippen LogP contribution in [0.1, 0.15) is 120 Å². The van der Waals surface area contributed by atoms with Crippen LogP contribution >= 0.6 is 11.3 Å². The van der Waals surface area contributed by atoms with Crippen molar-refractivity contribution in [3.63, 3.8) is 0 Å². The molecular formula is C57H60N8O6S. The van der Waals surface area contributed by atoms with Crippen molar-refractivity contribution >= 4 is 72.8 Å². The van der Waals surface area contributed by atoms with Gasteiger partial charge in [0, 0.05) is 61.8 Å². The van der Waals surface area contributed by atoms with Gasteiger partial charge in [0.15, 0.2) is 10.8 Å². The molecule has 0 radical (unpaired) electrons. The third-order valence-corrected chi connectivity index (χ3v) is 16.7. The quantitative estimate of drug-likeness (QED) is 0.0939. The van der Waals surface area contributed by atoms with E-state index in [1.54, 1.807) is 0 Å². The Morgan fingerprint density at radius 3 is 2.40 bits per heavy atom. The average molecular weight is 985 g/mol. The van der Waals surface area contributed by atoms with Gasteiger partial charge in [0.05, 0.1) is 33.4 Å². The largest absolute Gasteiger partial charge is 0.490 e. The first-order valence-electron chi connectivity index (χ1n) is 25.6. The summed E-state index contributed by atoms with van der Waals surface area (Å²) in [6.07, 6.45) is 12.1. The molecule has 1 atom stereocenters. The SMILES string of the molecule is Cc1c(O[C@H]2CC[C@H](CCCC3CCN(c4ccc5c(C6CCC(=O)NC6=O)nn(C)c5c4)CC3)CC2)cccc1-c1ccc(N2CCc3cccc(C(=O)Nc4nc5ccccc5s4)c3C2)nc1C(=O)O. The first-order chi connectivity index (χ1) is 35.0. The third kappa shape index (κ3) is 9.66. The normalized spacial score (nSPS) is 19.6. The fraction of sp³-hybridized carbons (Fsp3) is 0.386. The van der Waals surface area contributed by atoms with Crippen LogP contribution in [-0.2, 0) is 29.6 Å². The van der Waals surface area contributed by atoms with E-state index >= 15 is 0 Å². The Bertz CT molecular complexity index is 3190. The maximum atomic E-state index is 13.7. The van der Waals surface area contributed by atoms with Crippen LogP contribution in [0.3, 0.4) is 0 Å². The Labute approximate surface area is 422 Å². The summed E-state index contributed by atoms with van der Waals surface area (Å²) in [5, 5.41) is 22.3. The van der Waals surface area contributed by atoms with Crippen molar-refractivity contribution in [2.45, 2.75) is 103 Å². The molecular weight excluding hydrogens is 925 g/mol. The summed E-state index contributed by atoms with van der Waals surface area (Å²) in [6.45, 7) is 5.12.